The van der Waals surface area contributed by atoms with Gasteiger partial charge in [0.15, 0.2) is 0 Å². The average molecular weight is 306 g/mol. The SMILES string of the molecule is CCCc1nc(Cc2cccc(F)c2)sc1CNC(C)C. The Balaban J connectivity index is 2.14. The Labute approximate surface area is 130 Å². The van der Waals surface area contributed by atoms with E-state index in [2.05, 4.69) is 26.1 Å². The molecule has 0 amide bonds. The van der Waals surface area contributed by atoms with E-state index in [0.29, 0.717) is 12.5 Å². The van der Waals surface area contributed by atoms with Crippen molar-refractivity contribution in [3.05, 3.63) is 51.2 Å². The zero-order valence-electron chi connectivity index (χ0n) is 12.9. The maximum Gasteiger partial charge on any atom is 0.123 e. The molecule has 2 aromatic rings. The number of aromatic nitrogens is 1. The van der Waals surface area contributed by atoms with E-state index in [9.17, 15) is 4.39 Å². The molecule has 21 heavy (non-hydrogen) atoms. The molecule has 1 aromatic carbocycles. The van der Waals surface area contributed by atoms with E-state index in [1.54, 1.807) is 23.5 Å². The lowest BCUT2D eigenvalue weighted by Gasteiger charge is -2.07. The van der Waals surface area contributed by atoms with Crippen molar-refractivity contribution in [2.24, 2.45) is 0 Å². The molecule has 0 aliphatic carbocycles. The number of halogens is 1. The Hall–Kier alpha value is -1.26. The number of rotatable bonds is 7. The van der Waals surface area contributed by atoms with Gasteiger partial charge in [-0.25, -0.2) is 9.37 Å². The van der Waals surface area contributed by atoms with Crippen LogP contribution in [0.4, 0.5) is 4.39 Å². The van der Waals surface area contributed by atoms with Gasteiger partial charge in [0, 0.05) is 23.9 Å². The topological polar surface area (TPSA) is 24.9 Å². The van der Waals surface area contributed by atoms with Crippen molar-refractivity contribution in [3.8, 4) is 0 Å². The summed E-state index contributed by atoms with van der Waals surface area (Å²) in [4.78, 5) is 6.08. The summed E-state index contributed by atoms with van der Waals surface area (Å²) < 4.78 is 13.3. The Morgan fingerprint density at radius 2 is 2.14 bits per heavy atom. The predicted molar refractivity (Wildman–Crippen MR) is 87.3 cm³/mol. The highest BCUT2D eigenvalue weighted by molar-refractivity contribution is 7.11. The van der Waals surface area contributed by atoms with Crippen LogP contribution in [0.15, 0.2) is 24.3 Å². The average Bonchev–Trinajstić information content (AvgIpc) is 2.79. The highest BCUT2D eigenvalue weighted by Crippen LogP contribution is 2.23. The van der Waals surface area contributed by atoms with Gasteiger partial charge in [0.05, 0.1) is 10.7 Å². The summed E-state index contributed by atoms with van der Waals surface area (Å²) in [5, 5.41) is 4.53. The van der Waals surface area contributed by atoms with Crippen LogP contribution in [-0.2, 0) is 19.4 Å². The molecule has 0 unspecified atom stereocenters. The van der Waals surface area contributed by atoms with Gasteiger partial charge < -0.3 is 5.32 Å². The van der Waals surface area contributed by atoms with Crippen molar-refractivity contribution in [2.75, 3.05) is 0 Å². The molecule has 2 nitrogen and oxygen atoms in total. The Bertz CT molecular complexity index is 578. The lowest BCUT2D eigenvalue weighted by atomic mass is 10.1. The van der Waals surface area contributed by atoms with E-state index in [4.69, 9.17) is 4.98 Å². The van der Waals surface area contributed by atoms with Gasteiger partial charge in [-0.05, 0) is 24.1 Å². The lowest BCUT2D eigenvalue weighted by molar-refractivity contribution is 0.589. The predicted octanol–water partition coefficient (Wildman–Crippen LogP) is 4.32. The number of nitrogens with zero attached hydrogens (tertiary/aromatic N) is 1. The first-order chi connectivity index (χ1) is 10.1. The van der Waals surface area contributed by atoms with Gasteiger partial charge in [-0.2, -0.15) is 0 Å². The van der Waals surface area contributed by atoms with E-state index in [0.717, 1.165) is 30.0 Å². The van der Waals surface area contributed by atoms with Gasteiger partial charge in [0.2, 0.25) is 0 Å². The summed E-state index contributed by atoms with van der Waals surface area (Å²) in [6.45, 7) is 7.33. The maximum absolute atomic E-state index is 13.3. The van der Waals surface area contributed by atoms with E-state index in [-0.39, 0.29) is 5.82 Å². The molecule has 114 valence electrons. The second kappa shape index (κ2) is 7.66. The number of aryl methyl sites for hydroxylation is 1. The van der Waals surface area contributed by atoms with Crippen molar-refractivity contribution in [1.29, 1.82) is 0 Å². The van der Waals surface area contributed by atoms with Crippen molar-refractivity contribution in [1.82, 2.24) is 10.3 Å². The highest BCUT2D eigenvalue weighted by Gasteiger charge is 2.11. The van der Waals surface area contributed by atoms with Crippen molar-refractivity contribution in [3.63, 3.8) is 0 Å². The first kappa shape index (κ1) is 16.1. The molecule has 1 aromatic heterocycles. The molecule has 0 aliphatic heterocycles. The highest BCUT2D eigenvalue weighted by atomic mass is 32.1. The normalized spacial score (nSPS) is 11.3. The third kappa shape index (κ3) is 4.90. The fraction of sp³-hybridized carbons (Fsp3) is 0.471. The zero-order chi connectivity index (χ0) is 15.2. The van der Waals surface area contributed by atoms with Crippen LogP contribution in [0.3, 0.4) is 0 Å². The molecule has 0 fully saturated rings. The van der Waals surface area contributed by atoms with Crippen LogP contribution in [0.5, 0.6) is 0 Å². The summed E-state index contributed by atoms with van der Waals surface area (Å²) in [6, 6.07) is 7.24. The Morgan fingerprint density at radius 3 is 2.81 bits per heavy atom. The summed E-state index contributed by atoms with van der Waals surface area (Å²) in [7, 11) is 0. The quantitative estimate of drug-likeness (QED) is 0.824. The first-order valence-electron chi connectivity index (χ1n) is 7.53. The molecule has 0 radical (unpaired) electrons. The van der Waals surface area contributed by atoms with Crippen LogP contribution in [0.2, 0.25) is 0 Å². The minimum absolute atomic E-state index is 0.181. The molecule has 0 saturated heterocycles. The van der Waals surface area contributed by atoms with Gasteiger partial charge in [0.25, 0.3) is 0 Å². The van der Waals surface area contributed by atoms with Crippen molar-refractivity contribution < 1.29 is 4.39 Å². The number of hydrogen-bond acceptors (Lipinski definition) is 3. The zero-order valence-corrected chi connectivity index (χ0v) is 13.8. The molecule has 0 spiro atoms. The van der Waals surface area contributed by atoms with Crippen LogP contribution in [0.25, 0.3) is 0 Å². The third-order valence-corrected chi connectivity index (χ3v) is 4.32. The first-order valence-corrected chi connectivity index (χ1v) is 8.35. The van der Waals surface area contributed by atoms with Crippen LogP contribution in [-0.4, -0.2) is 11.0 Å². The Kier molecular flexibility index (Phi) is 5.88. The van der Waals surface area contributed by atoms with E-state index >= 15 is 0 Å². The van der Waals surface area contributed by atoms with Gasteiger partial charge in [0.1, 0.15) is 5.82 Å². The van der Waals surface area contributed by atoms with Gasteiger partial charge in [-0.1, -0.05) is 39.3 Å². The Morgan fingerprint density at radius 1 is 1.33 bits per heavy atom. The molecule has 0 aliphatic rings. The summed E-state index contributed by atoms with van der Waals surface area (Å²) in [6.07, 6.45) is 2.81. The van der Waals surface area contributed by atoms with E-state index in [1.165, 1.54) is 16.6 Å². The third-order valence-electron chi connectivity index (χ3n) is 3.22. The second-order valence-electron chi connectivity index (χ2n) is 5.57. The van der Waals surface area contributed by atoms with Crippen molar-refractivity contribution in [2.45, 2.75) is 52.6 Å². The molecular weight excluding hydrogens is 283 g/mol. The fourth-order valence-corrected chi connectivity index (χ4v) is 3.30. The number of nitrogens with one attached hydrogen (secondary N) is 1. The lowest BCUT2D eigenvalue weighted by Crippen LogP contribution is -2.21. The monoisotopic (exact) mass is 306 g/mol. The van der Waals surface area contributed by atoms with Crippen molar-refractivity contribution >= 4 is 11.3 Å². The second-order valence-corrected chi connectivity index (χ2v) is 6.74. The maximum atomic E-state index is 13.3. The molecule has 1 heterocycles. The van der Waals surface area contributed by atoms with Crippen LogP contribution >= 0.6 is 11.3 Å². The summed E-state index contributed by atoms with van der Waals surface area (Å²) in [5.74, 6) is -0.181. The van der Waals surface area contributed by atoms with E-state index in [1.807, 2.05) is 6.07 Å². The largest absolute Gasteiger partial charge is 0.310 e. The standard InChI is InChI=1S/C17H23FN2S/c1-4-6-15-16(11-19-12(2)3)21-17(20-15)10-13-7-5-8-14(18)9-13/h5,7-9,12,19H,4,6,10-11H2,1-3H3. The fourth-order valence-electron chi connectivity index (χ4n) is 2.20. The molecule has 0 bridgehead atoms. The van der Waals surface area contributed by atoms with Crippen LogP contribution in [0, 0.1) is 5.82 Å². The minimum atomic E-state index is -0.181. The molecule has 0 atom stereocenters. The van der Waals surface area contributed by atoms with Crippen LogP contribution in [0.1, 0.15) is 48.3 Å². The number of hydrogen-bond donors (Lipinski definition) is 1. The summed E-state index contributed by atoms with van der Waals surface area (Å²) in [5.41, 5.74) is 2.18. The summed E-state index contributed by atoms with van der Waals surface area (Å²) >= 11 is 1.75. The molecule has 1 N–H and O–H groups in total. The minimum Gasteiger partial charge on any atom is -0.310 e. The van der Waals surface area contributed by atoms with Gasteiger partial charge in [-0.15, -0.1) is 11.3 Å². The molecular formula is C17H23FN2S. The van der Waals surface area contributed by atoms with Crippen LogP contribution < -0.4 is 5.32 Å². The smallest absolute Gasteiger partial charge is 0.123 e. The number of benzene rings is 1. The molecule has 4 heteroatoms. The van der Waals surface area contributed by atoms with E-state index < -0.39 is 0 Å². The van der Waals surface area contributed by atoms with Gasteiger partial charge in [-0.3, -0.25) is 0 Å². The number of thiazole rings is 1. The molecule has 2 rings (SSSR count). The van der Waals surface area contributed by atoms with Gasteiger partial charge >= 0.3 is 0 Å². The molecule has 0 saturated carbocycles.